The lowest BCUT2D eigenvalue weighted by molar-refractivity contribution is 0.0476. The maximum atomic E-state index is 11.9. The first-order chi connectivity index (χ1) is 10.1. The number of halogens is 1. The molecule has 1 rings (SSSR count). The number of carbonyl (C=O) groups is 1. The number of rotatable bonds is 6. The van der Waals surface area contributed by atoms with Gasteiger partial charge in [0.2, 0.25) is 0 Å². The molecule has 7 heteroatoms. The molecule has 0 saturated carbocycles. The highest BCUT2D eigenvalue weighted by Gasteiger charge is 2.25. The number of likely N-dealkylation sites (N-methyl/N-ethyl adjacent to an activating group) is 1. The fraction of sp³-hybridized carbons (Fsp3) is 0.667. The Morgan fingerprint density at radius 1 is 1.55 bits per heavy atom. The number of alkyl carbamates (subject to hydrolysis) is 1. The van der Waals surface area contributed by atoms with E-state index in [1.807, 2.05) is 34.7 Å². The summed E-state index contributed by atoms with van der Waals surface area (Å²) in [5.41, 5.74) is 5.39. The van der Waals surface area contributed by atoms with Crippen molar-refractivity contribution in [2.24, 2.45) is 5.73 Å². The van der Waals surface area contributed by atoms with Gasteiger partial charge in [-0.05, 0) is 56.7 Å². The van der Waals surface area contributed by atoms with Gasteiger partial charge in [-0.2, -0.15) is 0 Å². The highest BCUT2D eigenvalue weighted by atomic mass is 79.9. The van der Waals surface area contributed by atoms with E-state index in [-0.39, 0.29) is 12.1 Å². The minimum atomic E-state index is -0.503. The van der Waals surface area contributed by atoms with Crippen LogP contribution >= 0.6 is 27.3 Å². The fourth-order valence-corrected chi connectivity index (χ4v) is 3.67. The summed E-state index contributed by atoms with van der Waals surface area (Å²) in [4.78, 5) is 15.3. The predicted molar refractivity (Wildman–Crippen MR) is 95.2 cm³/mol. The summed E-state index contributed by atoms with van der Waals surface area (Å²) in [6.07, 6.45) is -0.411. The van der Waals surface area contributed by atoms with Crippen LogP contribution in [0.3, 0.4) is 0 Å². The Balaban J connectivity index is 2.59. The Kier molecular flexibility index (Phi) is 7.31. The number of amides is 1. The second-order valence-electron chi connectivity index (χ2n) is 6.38. The van der Waals surface area contributed by atoms with Crippen LogP contribution in [0.1, 0.15) is 32.6 Å². The van der Waals surface area contributed by atoms with Crippen molar-refractivity contribution < 1.29 is 9.53 Å². The van der Waals surface area contributed by atoms with E-state index in [0.717, 1.165) is 11.0 Å². The second kappa shape index (κ2) is 8.29. The monoisotopic (exact) mass is 391 g/mol. The van der Waals surface area contributed by atoms with E-state index in [1.165, 1.54) is 4.88 Å². The lowest BCUT2D eigenvalue weighted by Gasteiger charge is -2.32. The molecule has 1 amide bonds. The minimum Gasteiger partial charge on any atom is -0.444 e. The summed E-state index contributed by atoms with van der Waals surface area (Å²) < 4.78 is 6.38. The molecule has 0 bridgehead atoms. The van der Waals surface area contributed by atoms with E-state index in [9.17, 15) is 4.79 Å². The molecule has 3 N–H and O–H groups in total. The van der Waals surface area contributed by atoms with Gasteiger partial charge in [0, 0.05) is 39.9 Å². The third-order valence-electron chi connectivity index (χ3n) is 3.16. The molecule has 5 nitrogen and oxygen atoms in total. The standard InChI is InChI=1S/C15H26BrN3O2S/c1-10(18-14(20)21-15(2,3)4)13(7-17)19(5)8-12-6-11(16)9-22-12/h6,9-10,13H,7-8,17H2,1-5H3,(H,18,20). The number of nitrogens with two attached hydrogens (primary N) is 1. The van der Waals surface area contributed by atoms with Crippen molar-refractivity contribution in [3.8, 4) is 0 Å². The van der Waals surface area contributed by atoms with Gasteiger partial charge in [0.05, 0.1) is 0 Å². The van der Waals surface area contributed by atoms with Gasteiger partial charge >= 0.3 is 6.09 Å². The number of hydrogen-bond acceptors (Lipinski definition) is 5. The number of ether oxygens (including phenoxy) is 1. The van der Waals surface area contributed by atoms with Crippen molar-refractivity contribution in [3.05, 3.63) is 20.8 Å². The highest BCUT2D eigenvalue weighted by molar-refractivity contribution is 9.10. The minimum absolute atomic E-state index is 0.0355. The molecule has 1 aromatic heterocycles. The van der Waals surface area contributed by atoms with E-state index in [2.05, 4.69) is 37.6 Å². The third kappa shape index (κ3) is 6.64. The molecule has 0 radical (unpaired) electrons. The van der Waals surface area contributed by atoms with Gasteiger partial charge < -0.3 is 15.8 Å². The van der Waals surface area contributed by atoms with Crippen LogP contribution < -0.4 is 11.1 Å². The maximum absolute atomic E-state index is 11.9. The summed E-state index contributed by atoms with van der Waals surface area (Å²) in [6.45, 7) is 8.73. The number of carbonyl (C=O) groups excluding carboxylic acids is 1. The number of nitrogens with zero attached hydrogens (tertiary/aromatic N) is 1. The van der Waals surface area contributed by atoms with Gasteiger partial charge in [-0.1, -0.05) is 0 Å². The smallest absolute Gasteiger partial charge is 0.407 e. The molecule has 1 aromatic rings. The van der Waals surface area contributed by atoms with Gasteiger partial charge in [-0.3, -0.25) is 4.90 Å². The van der Waals surface area contributed by atoms with Crippen LogP contribution in [0.25, 0.3) is 0 Å². The normalized spacial score (nSPS) is 14.7. The van der Waals surface area contributed by atoms with E-state index in [4.69, 9.17) is 10.5 Å². The van der Waals surface area contributed by atoms with Crippen molar-refractivity contribution in [1.82, 2.24) is 10.2 Å². The summed E-state index contributed by atoms with van der Waals surface area (Å²) in [5, 5.41) is 4.93. The molecular weight excluding hydrogens is 366 g/mol. The van der Waals surface area contributed by atoms with Crippen LogP contribution in [0.4, 0.5) is 4.79 Å². The van der Waals surface area contributed by atoms with E-state index >= 15 is 0 Å². The van der Waals surface area contributed by atoms with Crippen LogP contribution in [0.5, 0.6) is 0 Å². The molecular formula is C15H26BrN3O2S. The third-order valence-corrected chi connectivity index (χ3v) is 4.84. The Morgan fingerprint density at radius 2 is 2.18 bits per heavy atom. The zero-order valence-corrected chi connectivity index (χ0v) is 16.3. The summed E-state index contributed by atoms with van der Waals surface area (Å²) in [5.74, 6) is 0. The number of hydrogen-bond donors (Lipinski definition) is 2. The van der Waals surface area contributed by atoms with Gasteiger partial charge in [-0.25, -0.2) is 4.79 Å². The quantitative estimate of drug-likeness (QED) is 0.780. The van der Waals surface area contributed by atoms with Crippen LogP contribution in [-0.2, 0) is 11.3 Å². The molecule has 0 aliphatic rings. The Hall–Kier alpha value is -0.630. The second-order valence-corrected chi connectivity index (χ2v) is 8.30. The van der Waals surface area contributed by atoms with Crippen molar-refractivity contribution in [1.29, 1.82) is 0 Å². The van der Waals surface area contributed by atoms with Gasteiger partial charge in [0.1, 0.15) is 5.60 Å². The SMILES string of the molecule is CC(NC(=O)OC(C)(C)C)C(CN)N(C)Cc1cc(Br)cs1. The van der Waals surface area contributed by atoms with Crippen LogP contribution in [0.2, 0.25) is 0 Å². The highest BCUT2D eigenvalue weighted by Crippen LogP contribution is 2.21. The summed E-state index contributed by atoms with van der Waals surface area (Å²) in [7, 11) is 2.01. The maximum Gasteiger partial charge on any atom is 0.407 e. The molecule has 2 atom stereocenters. The Morgan fingerprint density at radius 3 is 2.64 bits per heavy atom. The van der Waals surface area contributed by atoms with E-state index in [1.54, 1.807) is 11.3 Å². The average molecular weight is 392 g/mol. The zero-order valence-electron chi connectivity index (χ0n) is 13.9. The van der Waals surface area contributed by atoms with Crippen molar-refractivity contribution in [3.63, 3.8) is 0 Å². The van der Waals surface area contributed by atoms with E-state index in [0.29, 0.717) is 6.54 Å². The molecule has 0 aliphatic heterocycles. The van der Waals surface area contributed by atoms with Crippen molar-refractivity contribution in [2.45, 2.75) is 51.9 Å². The summed E-state index contributed by atoms with van der Waals surface area (Å²) in [6, 6.07) is 2.03. The van der Waals surface area contributed by atoms with Crippen LogP contribution in [0, 0.1) is 0 Å². The zero-order chi connectivity index (χ0) is 16.9. The molecule has 1 heterocycles. The molecule has 0 spiro atoms. The van der Waals surface area contributed by atoms with Crippen molar-refractivity contribution in [2.75, 3.05) is 13.6 Å². The molecule has 22 heavy (non-hydrogen) atoms. The van der Waals surface area contributed by atoms with Crippen LogP contribution in [0.15, 0.2) is 15.9 Å². The first-order valence-corrected chi connectivity index (χ1v) is 8.92. The van der Waals surface area contributed by atoms with Crippen molar-refractivity contribution >= 4 is 33.4 Å². The number of thiophene rings is 1. The predicted octanol–water partition coefficient (Wildman–Crippen LogP) is 3.18. The first kappa shape index (κ1) is 19.4. The molecule has 0 saturated heterocycles. The summed E-state index contributed by atoms with van der Waals surface area (Å²) >= 11 is 5.16. The molecule has 0 aromatic carbocycles. The number of nitrogens with one attached hydrogen (secondary N) is 1. The topological polar surface area (TPSA) is 67.6 Å². The van der Waals surface area contributed by atoms with Gasteiger partial charge in [0.15, 0.2) is 0 Å². The molecule has 126 valence electrons. The molecule has 0 aliphatic carbocycles. The largest absolute Gasteiger partial charge is 0.444 e. The van der Waals surface area contributed by atoms with E-state index < -0.39 is 11.7 Å². The lowest BCUT2D eigenvalue weighted by atomic mass is 10.1. The lowest BCUT2D eigenvalue weighted by Crippen LogP contribution is -2.53. The molecule has 0 fully saturated rings. The Bertz CT molecular complexity index is 487. The molecule has 2 unspecified atom stereocenters. The van der Waals surface area contributed by atoms with Crippen LogP contribution in [-0.4, -0.2) is 42.3 Å². The van der Waals surface area contributed by atoms with Gasteiger partial charge in [0.25, 0.3) is 0 Å². The average Bonchev–Trinajstić information content (AvgIpc) is 2.72. The van der Waals surface area contributed by atoms with Gasteiger partial charge in [-0.15, -0.1) is 11.3 Å². The Labute approximate surface area is 145 Å². The fourth-order valence-electron chi connectivity index (χ4n) is 2.16. The first-order valence-electron chi connectivity index (χ1n) is 7.25.